The predicted octanol–water partition coefficient (Wildman–Crippen LogP) is 4.02. The highest BCUT2D eigenvalue weighted by molar-refractivity contribution is 5.67. The highest BCUT2D eigenvalue weighted by Crippen LogP contribution is 2.33. The molecule has 0 atom stereocenters. The summed E-state index contributed by atoms with van der Waals surface area (Å²) >= 11 is 0. The fourth-order valence-electron chi connectivity index (χ4n) is 3.29. The van der Waals surface area contributed by atoms with Crippen LogP contribution in [-0.2, 0) is 6.42 Å². The summed E-state index contributed by atoms with van der Waals surface area (Å²) in [5.74, 6) is 1.99. The zero-order valence-corrected chi connectivity index (χ0v) is 14.9. The Morgan fingerprint density at radius 3 is 2.92 bits per heavy atom. The molecule has 0 fully saturated rings. The van der Waals surface area contributed by atoms with Gasteiger partial charge in [-0.25, -0.2) is 0 Å². The van der Waals surface area contributed by atoms with Gasteiger partial charge in [-0.15, -0.1) is 5.10 Å². The highest BCUT2D eigenvalue weighted by Gasteiger charge is 2.19. The van der Waals surface area contributed by atoms with Crippen LogP contribution < -0.4 is 15.0 Å². The van der Waals surface area contributed by atoms with Crippen molar-refractivity contribution in [3.8, 4) is 5.75 Å². The Morgan fingerprint density at radius 2 is 2.04 bits per heavy atom. The van der Waals surface area contributed by atoms with E-state index in [2.05, 4.69) is 49.7 Å². The molecule has 132 valence electrons. The van der Waals surface area contributed by atoms with E-state index in [9.17, 15) is 0 Å². The van der Waals surface area contributed by atoms with Crippen LogP contribution in [0, 0.1) is 6.92 Å². The van der Waals surface area contributed by atoms with Crippen LogP contribution in [0.25, 0.3) is 0 Å². The van der Waals surface area contributed by atoms with Gasteiger partial charge < -0.3 is 15.0 Å². The molecule has 1 aliphatic heterocycles. The molecule has 0 bridgehead atoms. The molecular formula is C20H21N5O. The van der Waals surface area contributed by atoms with Crippen molar-refractivity contribution in [2.75, 3.05) is 23.9 Å². The van der Waals surface area contributed by atoms with E-state index in [1.165, 1.54) is 11.3 Å². The molecule has 6 nitrogen and oxygen atoms in total. The molecule has 1 aromatic heterocycles. The minimum absolute atomic E-state index is 0.453. The number of anilines is 4. The van der Waals surface area contributed by atoms with Gasteiger partial charge in [0.25, 0.3) is 0 Å². The average Bonchev–Trinajstić information content (AvgIpc) is 2.68. The van der Waals surface area contributed by atoms with Gasteiger partial charge in [0.2, 0.25) is 5.95 Å². The number of methoxy groups -OCH3 is 1. The lowest BCUT2D eigenvalue weighted by Crippen LogP contribution is -2.25. The van der Waals surface area contributed by atoms with Gasteiger partial charge in [-0.2, -0.15) is 10.1 Å². The van der Waals surface area contributed by atoms with E-state index < -0.39 is 0 Å². The van der Waals surface area contributed by atoms with Gasteiger partial charge in [0.15, 0.2) is 5.82 Å². The maximum atomic E-state index is 5.42. The first-order valence-corrected chi connectivity index (χ1v) is 8.71. The summed E-state index contributed by atoms with van der Waals surface area (Å²) in [6, 6.07) is 14.4. The van der Waals surface area contributed by atoms with Crippen molar-refractivity contribution >= 4 is 23.1 Å². The molecule has 0 aliphatic carbocycles. The summed E-state index contributed by atoms with van der Waals surface area (Å²) < 4.78 is 5.42. The van der Waals surface area contributed by atoms with Crippen molar-refractivity contribution in [3.05, 3.63) is 59.8 Å². The van der Waals surface area contributed by atoms with Gasteiger partial charge in [-0.3, -0.25) is 0 Å². The van der Waals surface area contributed by atoms with Crippen LogP contribution in [-0.4, -0.2) is 28.8 Å². The minimum atomic E-state index is 0.453. The lowest BCUT2D eigenvalue weighted by atomic mass is 10.0. The molecular weight excluding hydrogens is 326 g/mol. The van der Waals surface area contributed by atoms with E-state index in [0.29, 0.717) is 5.95 Å². The highest BCUT2D eigenvalue weighted by atomic mass is 16.5. The lowest BCUT2D eigenvalue weighted by Gasteiger charge is -2.30. The largest absolute Gasteiger partial charge is 0.495 e. The van der Waals surface area contributed by atoms with E-state index in [1.54, 1.807) is 13.3 Å². The summed E-state index contributed by atoms with van der Waals surface area (Å²) in [4.78, 5) is 6.88. The monoisotopic (exact) mass is 347 g/mol. The molecule has 0 unspecified atom stereocenters. The minimum Gasteiger partial charge on any atom is -0.495 e. The first kappa shape index (κ1) is 16.3. The molecule has 0 radical (unpaired) electrons. The smallest absolute Gasteiger partial charge is 0.249 e. The molecule has 0 saturated heterocycles. The Hall–Kier alpha value is -3.15. The van der Waals surface area contributed by atoms with Crippen LogP contribution >= 0.6 is 0 Å². The SMILES string of the molecule is COc1ccc(C)cc1Nc1nncc(N2CCCc3ccccc32)n1. The fraction of sp³-hybridized carbons (Fsp3) is 0.250. The van der Waals surface area contributed by atoms with Crippen molar-refractivity contribution in [1.29, 1.82) is 0 Å². The molecule has 0 amide bonds. The molecule has 4 rings (SSSR count). The fourth-order valence-corrected chi connectivity index (χ4v) is 3.29. The van der Waals surface area contributed by atoms with Crippen molar-refractivity contribution in [3.63, 3.8) is 0 Å². The third-order valence-corrected chi connectivity index (χ3v) is 4.53. The standard InChI is InChI=1S/C20H21N5O/c1-14-9-10-18(26-2)16(12-14)22-20-23-19(13-21-24-20)25-11-5-7-15-6-3-4-8-17(15)25/h3-4,6,8-10,12-13H,5,7,11H2,1-2H3,(H,22,23,24). The summed E-state index contributed by atoms with van der Waals surface area (Å²) in [5.41, 5.74) is 4.48. The number of para-hydroxylation sites is 1. The van der Waals surface area contributed by atoms with Crippen LogP contribution in [0.4, 0.5) is 23.1 Å². The topological polar surface area (TPSA) is 63.2 Å². The summed E-state index contributed by atoms with van der Waals surface area (Å²) in [7, 11) is 1.65. The summed E-state index contributed by atoms with van der Waals surface area (Å²) in [6.45, 7) is 2.95. The molecule has 0 spiro atoms. The maximum absolute atomic E-state index is 5.42. The zero-order valence-electron chi connectivity index (χ0n) is 14.9. The average molecular weight is 347 g/mol. The van der Waals surface area contributed by atoms with E-state index in [-0.39, 0.29) is 0 Å². The number of nitrogens with one attached hydrogen (secondary N) is 1. The number of fused-ring (bicyclic) bond motifs is 1. The molecule has 2 heterocycles. The second kappa shape index (κ2) is 7.00. The van der Waals surface area contributed by atoms with Gasteiger partial charge in [0.05, 0.1) is 19.0 Å². The number of nitrogens with zero attached hydrogens (tertiary/aromatic N) is 4. The Labute approximate surface area is 152 Å². The number of hydrogen-bond donors (Lipinski definition) is 1. The first-order valence-electron chi connectivity index (χ1n) is 8.71. The van der Waals surface area contributed by atoms with Crippen molar-refractivity contribution < 1.29 is 4.74 Å². The number of aromatic nitrogens is 3. The number of hydrogen-bond acceptors (Lipinski definition) is 6. The van der Waals surface area contributed by atoms with Crippen LogP contribution in [0.3, 0.4) is 0 Å². The third kappa shape index (κ3) is 3.18. The number of rotatable bonds is 4. The second-order valence-electron chi connectivity index (χ2n) is 6.35. The number of benzene rings is 2. The molecule has 1 aliphatic rings. The van der Waals surface area contributed by atoms with E-state index in [1.807, 2.05) is 25.1 Å². The first-order chi connectivity index (χ1) is 12.7. The van der Waals surface area contributed by atoms with E-state index in [0.717, 1.165) is 42.2 Å². The van der Waals surface area contributed by atoms with Gasteiger partial charge in [0, 0.05) is 12.2 Å². The van der Waals surface area contributed by atoms with Crippen LogP contribution in [0.1, 0.15) is 17.5 Å². The molecule has 26 heavy (non-hydrogen) atoms. The molecule has 1 N–H and O–H groups in total. The third-order valence-electron chi connectivity index (χ3n) is 4.53. The number of ether oxygens (including phenoxy) is 1. The van der Waals surface area contributed by atoms with Gasteiger partial charge in [-0.05, 0) is 49.1 Å². The Morgan fingerprint density at radius 1 is 1.15 bits per heavy atom. The normalized spacial score (nSPS) is 13.2. The van der Waals surface area contributed by atoms with E-state index in [4.69, 9.17) is 4.74 Å². The molecule has 3 aromatic rings. The van der Waals surface area contributed by atoms with Crippen molar-refractivity contribution in [2.45, 2.75) is 19.8 Å². The van der Waals surface area contributed by atoms with E-state index >= 15 is 0 Å². The van der Waals surface area contributed by atoms with Gasteiger partial charge in [0.1, 0.15) is 5.75 Å². The summed E-state index contributed by atoms with van der Waals surface area (Å²) in [6.07, 6.45) is 3.90. The quantitative estimate of drug-likeness (QED) is 0.769. The predicted molar refractivity (Wildman–Crippen MR) is 103 cm³/mol. The lowest BCUT2D eigenvalue weighted by molar-refractivity contribution is 0.416. The molecule has 2 aromatic carbocycles. The van der Waals surface area contributed by atoms with Crippen molar-refractivity contribution in [2.24, 2.45) is 0 Å². The zero-order chi connectivity index (χ0) is 17.9. The second-order valence-corrected chi connectivity index (χ2v) is 6.35. The maximum Gasteiger partial charge on any atom is 0.249 e. The van der Waals surface area contributed by atoms with Crippen LogP contribution in [0.15, 0.2) is 48.7 Å². The molecule has 6 heteroatoms. The Bertz CT molecular complexity index is 928. The molecule has 0 saturated carbocycles. The summed E-state index contributed by atoms with van der Waals surface area (Å²) in [5, 5.41) is 11.5. The Kier molecular flexibility index (Phi) is 4.39. The number of aryl methyl sites for hydroxylation is 2. The van der Waals surface area contributed by atoms with Gasteiger partial charge >= 0.3 is 0 Å². The van der Waals surface area contributed by atoms with Crippen LogP contribution in [0.2, 0.25) is 0 Å². The van der Waals surface area contributed by atoms with Crippen LogP contribution in [0.5, 0.6) is 5.75 Å². The van der Waals surface area contributed by atoms with Gasteiger partial charge in [-0.1, -0.05) is 24.3 Å². The van der Waals surface area contributed by atoms with Crippen molar-refractivity contribution in [1.82, 2.24) is 15.2 Å². The Balaban J connectivity index is 1.65.